The zero-order chi connectivity index (χ0) is 22.2. The summed E-state index contributed by atoms with van der Waals surface area (Å²) >= 11 is 5.91. The minimum absolute atomic E-state index is 0.233. The Kier molecular flexibility index (Phi) is 7.31. The molecule has 0 aliphatic carbocycles. The van der Waals surface area contributed by atoms with E-state index >= 15 is 0 Å². The summed E-state index contributed by atoms with van der Waals surface area (Å²) in [4.78, 5) is 12.2. The molecule has 0 fully saturated rings. The minimum Gasteiger partial charge on any atom is -0.493 e. The first-order valence-corrected chi connectivity index (χ1v) is 9.82. The van der Waals surface area contributed by atoms with Crippen LogP contribution in [0, 0.1) is 18.3 Å². The monoisotopic (exact) mass is 433 g/mol. The number of ether oxygens (including phenoxy) is 3. The van der Waals surface area contributed by atoms with E-state index in [0.29, 0.717) is 22.1 Å². The van der Waals surface area contributed by atoms with Crippen molar-refractivity contribution in [2.45, 2.75) is 6.92 Å². The number of methoxy groups -OCH3 is 1. The van der Waals surface area contributed by atoms with E-state index in [1.807, 2.05) is 25.1 Å². The van der Waals surface area contributed by atoms with Gasteiger partial charge in [-0.15, -0.1) is 0 Å². The van der Waals surface area contributed by atoms with Gasteiger partial charge in [0.15, 0.2) is 18.1 Å². The minimum atomic E-state index is -0.554. The number of hydrogen-bond donors (Lipinski definition) is 0. The second-order valence-corrected chi connectivity index (χ2v) is 7.10. The quantitative estimate of drug-likeness (QED) is 0.207. The zero-order valence-corrected chi connectivity index (χ0v) is 17.8. The van der Waals surface area contributed by atoms with Crippen LogP contribution in [0.1, 0.15) is 16.7 Å². The molecule has 31 heavy (non-hydrogen) atoms. The summed E-state index contributed by atoms with van der Waals surface area (Å²) in [5, 5.41) is 10.1. The molecule has 0 aromatic heterocycles. The van der Waals surface area contributed by atoms with Crippen molar-refractivity contribution in [1.82, 2.24) is 0 Å². The summed E-state index contributed by atoms with van der Waals surface area (Å²) < 4.78 is 16.2. The summed E-state index contributed by atoms with van der Waals surface area (Å²) in [5.74, 6) is 0.672. The number of rotatable bonds is 7. The molecule has 0 N–H and O–H groups in total. The van der Waals surface area contributed by atoms with Crippen molar-refractivity contribution >= 4 is 29.2 Å². The van der Waals surface area contributed by atoms with Crippen LogP contribution in [0.15, 0.2) is 66.7 Å². The molecule has 3 aromatic rings. The van der Waals surface area contributed by atoms with Gasteiger partial charge in [0.05, 0.1) is 18.8 Å². The number of allylic oxidation sites excluding steroid dienone is 1. The van der Waals surface area contributed by atoms with Crippen LogP contribution >= 0.6 is 11.6 Å². The summed E-state index contributed by atoms with van der Waals surface area (Å²) in [5.41, 5.74) is 2.97. The lowest BCUT2D eigenvalue weighted by molar-refractivity contribution is -0.136. The molecule has 156 valence electrons. The van der Waals surface area contributed by atoms with E-state index < -0.39 is 5.97 Å². The topological polar surface area (TPSA) is 68.5 Å². The van der Waals surface area contributed by atoms with Gasteiger partial charge in [-0.3, -0.25) is 0 Å². The Balaban J connectivity index is 1.72. The molecule has 6 heteroatoms. The molecule has 0 spiro atoms. The maximum atomic E-state index is 12.2. The normalized spacial score (nSPS) is 10.8. The van der Waals surface area contributed by atoms with Crippen LogP contribution in [-0.4, -0.2) is 19.7 Å². The van der Waals surface area contributed by atoms with Crippen LogP contribution < -0.4 is 14.2 Å². The Morgan fingerprint density at radius 2 is 1.84 bits per heavy atom. The fourth-order valence-corrected chi connectivity index (χ4v) is 2.96. The van der Waals surface area contributed by atoms with Gasteiger partial charge in [0.2, 0.25) is 0 Å². The lowest BCUT2D eigenvalue weighted by Gasteiger charge is -2.11. The summed E-state index contributed by atoms with van der Waals surface area (Å²) in [6, 6.07) is 21.6. The third-order valence-corrected chi connectivity index (χ3v) is 4.60. The Morgan fingerprint density at radius 1 is 1.06 bits per heavy atom. The van der Waals surface area contributed by atoms with Crippen molar-refractivity contribution in [3.63, 3.8) is 0 Å². The summed E-state index contributed by atoms with van der Waals surface area (Å²) in [7, 11) is 1.48. The molecule has 0 saturated carbocycles. The van der Waals surface area contributed by atoms with Gasteiger partial charge < -0.3 is 14.2 Å². The van der Waals surface area contributed by atoms with Crippen molar-refractivity contribution in [1.29, 1.82) is 5.26 Å². The average molecular weight is 434 g/mol. The molecule has 3 rings (SSSR count). The predicted octanol–water partition coefficient (Wildman–Crippen LogP) is 5.71. The first kappa shape index (κ1) is 21.9. The lowest BCUT2D eigenvalue weighted by Crippen LogP contribution is -2.18. The zero-order valence-electron chi connectivity index (χ0n) is 17.1. The van der Waals surface area contributed by atoms with Gasteiger partial charge in [0.1, 0.15) is 5.75 Å². The van der Waals surface area contributed by atoms with E-state index in [0.717, 1.165) is 16.7 Å². The first-order valence-electron chi connectivity index (χ1n) is 9.44. The van der Waals surface area contributed by atoms with E-state index in [1.54, 1.807) is 54.6 Å². The van der Waals surface area contributed by atoms with Gasteiger partial charge in [-0.05, 0) is 66.1 Å². The number of halogens is 1. The molecule has 0 radical (unpaired) electrons. The number of carbonyl (C=O) groups excluding carboxylic acids is 1. The molecule has 0 atom stereocenters. The predicted molar refractivity (Wildman–Crippen MR) is 120 cm³/mol. The maximum absolute atomic E-state index is 12.2. The molecular formula is C25H20ClNO4. The van der Waals surface area contributed by atoms with E-state index in [-0.39, 0.29) is 12.4 Å². The summed E-state index contributed by atoms with van der Waals surface area (Å²) in [6.07, 6.45) is 1.72. The number of aryl methyl sites for hydroxylation is 1. The standard InChI is InChI=1S/C25H20ClNO4/c1-17-4-3-5-22(12-17)30-16-25(28)31-23-11-6-18(14-24(23)29-2)13-20(15-27)19-7-9-21(26)10-8-19/h3-14H,16H2,1-2H3. The van der Waals surface area contributed by atoms with Crippen molar-refractivity contribution in [2.24, 2.45) is 0 Å². The molecule has 0 heterocycles. The van der Waals surface area contributed by atoms with Crippen LogP contribution in [0.2, 0.25) is 5.02 Å². The SMILES string of the molecule is COc1cc(C=C(C#N)c2ccc(Cl)cc2)ccc1OC(=O)COc1cccc(C)c1. The van der Waals surface area contributed by atoms with E-state index in [1.165, 1.54) is 7.11 Å². The highest BCUT2D eigenvalue weighted by Crippen LogP contribution is 2.30. The fourth-order valence-electron chi connectivity index (χ4n) is 2.83. The van der Waals surface area contributed by atoms with Crippen molar-refractivity contribution < 1.29 is 19.0 Å². The molecule has 0 aliphatic heterocycles. The Hall–Kier alpha value is -3.75. The van der Waals surface area contributed by atoms with Crippen LogP contribution in [0.5, 0.6) is 17.2 Å². The molecule has 0 unspecified atom stereocenters. The van der Waals surface area contributed by atoms with Gasteiger partial charge >= 0.3 is 5.97 Å². The highest BCUT2D eigenvalue weighted by atomic mass is 35.5. The van der Waals surface area contributed by atoms with Crippen LogP contribution in [-0.2, 0) is 4.79 Å². The molecule has 5 nitrogen and oxygen atoms in total. The molecule has 3 aromatic carbocycles. The third kappa shape index (κ3) is 6.11. The van der Waals surface area contributed by atoms with Crippen molar-refractivity contribution in [3.05, 3.63) is 88.4 Å². The smallest absolute Gasteiger partial charge is 0.349 e. The molecule has 0 aliphatic rings. The van der Waals surface area contributed by atoms with Crippen LogP contribution in [0.25, 0.3) is 11.6 Å². The number of nitriles is 1. The lowest BCUT2D eigenvalue weighted by atomic mass is 10.0. The van der Waals surface area contributed by atoms with Gasteiger partial charge in [0, 0.05) is 5.02 Å². The number of carbonyl (C=O) groups is 1. The number of esters is 1. The van der Waals surface area contributed by atoms with Gasteiger partial charge in [-0.25, -0.2) is 4.79 Å². The summed E-state index contributed by atoms with van der Waals surface area (Å²) in [6.45, 7) is 1.71. The largest absolute Gasteiger partial charge is 0.493 e. The Labute approximate surface area is 186 Å². The van der Waals surface area contributed by atoms with Crippen LogP contribution in [0.4, 0.5) is 0 Å². The van der Waals surface area contributed by atoms with E-state index in [4.69, 9.17) is 25.8 Å². The highest BCUT2D eigenvalue weighted by Gasteiger charge is 2.12. The van der Waals surface area contributed by atoms with Gasteiger partial charge in [0.25, 0.3) is 0 Å². The maximum Gasteiger partial charge on any atom is 0.349 e. The second-order valence-electron chi connectivity index (χ2n) is 6.67. The van der Waals surface area contributed by atoms with Crippen LogP contribution in [0.3, 0.4) is 0 Å². The third-order valence-electron chi connectivity index (χ3n) is 4.34. The number of nitrogens with zero attached hydrogens (tertiary/aromatic N) is 1. The Morgan fingerprint density at radius 3 is 2.52 bits per heavy atom. The highest BCUT2D eigenvalue weighted by molar-refractivity contribution is 6.30. The molecule has 0 saturated heterocycles. The molecule has 0 bridgehead atoms. The van der Waals surface area contributed by atoms with E-state index in [2.05, 4.69) is 6.07 Å². The average Bonchev–Trinajstić information content (AvgIpc) is 2.77. The number of hydrogen-bond acceptors (Lipinski definition) is 5. The molecule has 0 amide bonds. The van der Waals surface area contributed by atoms with Crippen molar-refractivity contribution in [2.75, 3.05) is 13.7 Å². The van der Waals surface area contributed by atoms with Crippen molar-refractivity contribution in [3.8, 4) is 23.3 Å². The van der Waals surface area contributed by atoms with E-state index in [9.17, 15) is 10.1 Å². The molecular weight excluding hydrogens is 414 g/mol. The Bertz CT molecular complexity index is 1150. The number of benzene rings is 3. The van der Waals surface area contributed by atoms with Gasteiger partial charge in [-0.1, -0.05) is 41.9 Å². The van der Waals surface area contributed by atoms with Gasteiger partial charge in [-0.2, -0.15) is 5.26 Å². The second kappa shape index (κ2) is 10.3. The first-order chi connectivity index (χ1) is 15.0. The fraction of sp³-hybridized carbons (Fsp3) is 0.120.